The van der Waals surface area contributed by atoms with E-state index in [0.717, 1.165) is 5.69 Å². The second kappa shape index (κ2) is 6.37. The molecule has 16 heavy (non-hydrogen) atoms. The smallest absolute Gasteiger partial charge is 0.264 e. The molecule has 90 valence electrons. The van der Waals surface area contributed by atoms with Gasteiger partial charge in [-0.1, -0.05) is 12.1 Å². The summed E-state index contributed by atoms with van der Waals surface area (Å²) < 4.78 is 31.6. The minimum atomic E-state index is -4.67. The van der Waals surface area contributed by atoms with Crippen LogP contribution >= 0.6 is 0 Å². The van der Waals surface area contributed by atoms with E-state index >= 15 is 0 Å². The highest BCUT2D eigenvalue weighted by molar-refractivity contribution is 7.79. The number of pyridine rings is 1. The van der Waals surface area contributed by atoms with E-state index in [2.05, 4.69) is 31.0 Å². The van der Waals surface area contributed by atoms with Gasteiger partial charge < -0.3 is 0 Å². The third kappa shape index (κ3) is 7.10. The fourth-order valence-electron chi connectivity index (χ4n) is 1.04. The first-order valence-electron chi connectivity index (χ1n) is 4.50. The van der Waals surface area contributed by atoms with Crippen LogP contribution in [0.2, 0.25) is 0 Å². The summed E-state index contributed by atoms with van der Waals surface area (Å²) in [5, 5.41) is 0. The lowest BCUT2D eigenvalue weighted by Crippen LogP contribution is -1.89. The summed E-state index contributed by atoms with van der Waals surface area (Å²) in [6, 6.07) is 4.04. The van der Waals surface area contributed by atoms with Gasteiger partial charge in [0.25, 0.3) is 0 Å². The molecule has 1 aromatic heterocycles. The average molecular weight is 245 g/mol. The number of nitrogens with zero attached hydrogens (tertiary/aromatic N) is 1. The van der Waals surface area contributed by atoms with E-state index < -0.39 is 10.4 Å². The molecule has 0 amide bonds. The Labute approximate surface area is 95.4 Å². The minimum Gasteiger partial charge on any atom is -0.264 e. The van der Waals surface area contributed by atoms with Crippen LogP contribution in [0, 0.1) is 6.92 Å². The van der Waals surface area contributed by atoms with E-state index in [1.165, 1.54) is 11.1 Å². The van der Waals surface area contributed by atoms with Crippen LogP contribution in [0.3, 0.4) is 0 Å². The molecule has 0 atom stereocenters. The fraction of sp³-hybridized carbons (Fsp3) is 0.300. The van der Waals surface area contributed by atoms with Crippen molar-refractivity contribution in [2.45, 2.75) is 20.8 Å². The maximum Gasteiger partial charge on any atom is 0.394 e. The molecule has 5 nitrogen and oxygen atoms in total. The summed E-state index contributed by atoms with van der Waals surface area (Å²) in [5.41, 5.74) is 3.58. The van der Waals surface area contributed by atoms with Crippen molar-refractivity contribution in [3.05, 3.63) is 35.7 Å². The number of hydrogen-bond acceptors (Lipinski definition) is 3. The van der Waals surface area contributed by atoms with Gasteiger partial charge in [-0.2, -0.15) is 8.42 Å². The third-order valence-corrected chi connectivity index (χ3v) is 1.82. The van der Waals surface area contributed by atoms with Gasteiger partial charge in [0.1, 0.15) is 0 Å². The molecule has 0 aliphatic heterocycles. The van der Waals surface area contributed by atoms with Crippen LogP contribution in [0.15, 0.2) is 24.4 Å². The van der Waals surface area contributed by atoms with Gasteiger partial charge in [-0.15, -0.1) is 0 Å². The zero-order valence-electron chi connectivity index (χ0n) is 9.38. The molecule has 0 spiro atoms. The van der Waals surface area contributed by atoms with Crippen molar-refractivity contribution in [2.24, 2.45) is 0 Å². The van der Waals surface area contributed by atoms with Gasteiger partial charge in [0.15, 0.2) is 0 Å². The predicted molar refractivity (Wildman–Crippen MR) is 62.5 cm³/mol. The van der Waals surface area contributed by atoms with Crippen LogP contribution < -0.4 is 0 Å². The summed E-state index contributed by atoms with van der Waals surface area (Å²) in [6.07, 6.45) is 3.91. The normalized spacial score (nSPS) is 11.7. The average Bonchev–Trinajstić information content (AvgIpc) is 2.15. The van der Waals surface area contributed by atoms with Crippen molar-refractivity contribution in [2.75, 3.05) is 0 Å². The Bertz CT molecular complexity index is 457. The molecule has 0 fully saturated rings. The van der Waals surface area contributed by atoms with Crippen LogP contribution in [0.4, 0.5) is 0 Å². The topological polar surface area (TPSA) is 87.5 Å². The first-order chi connectivity index (χ1) is 7.25. The van der Waals surface area contributed by atoms with E-state index in [4.69, 9.17) is 17.5 Å². The van der Waals surface area contributed by atoms with Gasteiger partial charge in [0, 0.05) is 6.20 Å². The first-order valence-corrected chi connectivity index (χ1v) is 5.90. The van der Waals surface area contributed by atoms with Crippen LogP contribution in [-0.2, 0) is 10.4 Å². The highest BCUT2D eigenvalue weighted by atomic mass is 32.3. The molecule has 0 radical (unpaired) electrons. The molecule has 0 saturated heterocycles. The number of aryl methyl sites for hydroxylation is 1. The Morgan fingerprint density at radius 1 is 1.44 bits per heavy atom. The second-order valence-electron chi connectivity index (χ2n) is 3.09. The quantitative estimate of drug-likeness (QED) is 0.740. The molecule has 0 aromatic carbocycles. The molecule has 2 N–H and O–H groups in total. The summed E-state index contributed by atoms with van der Waals surface area (Å²) in [7, 11) is -4.67. The fourth-order valence-corrected chi connectivity index (χ4v) is 1.04. The van der Waals surface area contributed by atoms with Gasteiger partial charge >= 0.3 is 10.4 Å². The molecule has 0 saturated carbocycles. The summed E-state index contributed by atoms with van der Waals surface area (Å²) in [4.78, 5) is 4.28. The second-order valence-corrected chi connectivity index (χ2v) is 3.98. The SMILES string of the molecule is CC=C(C)c1ncccc1C.O=S(=O)(O)O. The summed E-state index contributed by atoms with van der Waals surface area (Å²) >= 11 is 0. The number of hydrogen-bond donors (Lipinski definition) is 2. The largest absolute Gasteiger partial charge is 0.394 e. The zero-order valence-corrected chi connectivity index (χ0v) is 10.2. The number of rotatable bonds is 1. The van der Waals surface area contributed by atoms with Gasteiger partial charge in [-0.25, -0.2) is 0 Å². The molecular weight excluding hydrogens is 230 g/mol. The molecule has 0 unspecified atom stereocenters. The van der Waals surface area contributed by atoms with Crippen molar-refractivity contribution in [3.63, 3.8) is 0 Å². The van der Waals surface area contributed by atoms with Crippen molar-refractivity contribution < 1.29 is 17.5 Å². The van der Waals surface area contributed by atoms with E-state index in [9.17, 15) is 0 Å². The molecule has 0 bridgehead atoms. The highest BCUT2D eigenvalue weighted by Gasteiger charge is 1.97. The van der Waals surface area contributed by atoms with Gasteiger partial charge in [-0.3, -0.25) is 14.1 Å². The van der Waals surface area contributed by atoms with Gasteiger partial charge in [0.05, 0.1) is 5.69 Å². The summed E-state index contributed by atoms with van der Waals surface area (Å²) in [5.74, 6) is 0. The van der Waals surface area contributed by atoms with Crippen molar-refractivity contribution >= 4 is 16.0 Å². The standard InChI is InChI=1S/C10H13N.H2O4S/c1-4-8(2)10-9(3)6-5-7-11-10;1-5(2,3)4/h4-7H,1-3H3;(H2,1,2,3,4). The molecule has 0 aliphatic carbocycles. The van der Waals surface area contributed by atoms with E-state index in [-0.39, 0.29) is 0 Å². The Balaban J connectivity index is 0.000000385. The Hall–Kier alpha value is -1.24. The lowest BCUT2D eigenvalue weighted by molar-refractivity contribution is 0.381. The molecule has 6 heteroatoms. The van der Waals surface area contributed by atoms with Crippen LogP contribution in [0.25, 0.3) is 5.57 Å². The van der Waals surface area contributed by atoms with Crippen LogP contribution in [-0.4, -0.2) is 22.5 Å². The Morgan fingerprint density at radius 2 is 1.94 bits per heavy atom. The van der Waals surface area contributed by atoms with E-state index in [1.54, 1.807) is 0 Å². The maximum atomic E-state index is 8.74. The number of aromatic nitrogens is 1. The van der Waals surface area contributed by atoms with Gasteiger partial charge in [0.2, 0.25) is 0 Å². The molecule has 1 heterocycles. The van der Waals surface area contributed by atoms with Crippen LogP contribution in [0.5, 0.6) is 0 Å². The Kier molecular flexibility index (Phi) is 5.87. The number of allylic oxidation sites excluding steroid dienone is 2. The van der Waals surface area contributed by atoms with E-state index in [1.807, 2.05) is 19.2 Å². The van der Waals surface area contributed by atoms with Gasteiger partial charge in [-0.05, 0) is 38.0 Å². The maximum absolute atomic E-state index is 8.74. The van der Waals surface area contributed by atoms with Crippen molar-refractivity contribution in [3.8, 4) is 0 Å². The predicted octanol–water partition coefficient (Wildman–Crippen LogP) is 2.16. The Morgan fingerprint density at radius 3 is 2.31 bits per heavy atom. The molecule has 0 aliphatic rings. The van der Waals surface area contributed by atoms with Crippen LogP contribution in [0.1, 0.15) is 25.1 Å². The lowest BCUT2D eigenvalue weighted by Gasteiger charge is -2.02. The monoisotopic (exact) mass is 245 g/mol. The van der Waals surface area contributed by atoms with Crippen molar-refractivity contribution in [1.29, 1.82) is 0 Å². The molecular formula is C10H15NO4S. The summed E-state index contributed by atoms with van der Waals surface area (Å²) in [6.45, 7) is 6.19. The molecule has 1 aromatic rings. The molecule has 1 rings (SSSR count). The minimum absolute atomic E-state index is 1.11. The third-order valence-electron chi connectivity index (χ3n) is 1.82. The van der Waals surface area contributed by atoms with E-state index in [0.29, 0.717) is 0 Å². The highest BCUT2D eigenvalue weighted by Crippen LogP contribution is 2.13. The lowest BCUT2D eigenvalue weighted by atomic mass is 10.1. The zero-order chi connectivity index (χ0) is 12.8. The van der Waals surface area contributed by atoms with Crippen molar-refractivity contribution in [1.82, 2.24) is 4.98 Å². The first kappa shape index (κ1) is 14.8.